The highest BCUT2D eigenvalue weighted by atomic mass is 16.1. The van der Waals surface area contributed by atoms with Crippen LogP contribution in [0.4, 0.5) is 0 Å². The first kappa shape index (κ1) is 12.1. The number of aromatic nitrogens is 3. The number of nitrogens with zero attached hydrogens (tertiary/aromatic N) is 2. The van der Waals surface area contributed by atoms with Gasteiger partial charge >= 0.3 is 0 Å². The Morgan fingerprint density at radius 2 is 2.05 bits per heavy atom. The Kier molecular flexibility index (Phi) is 3.19. The Bertz CT molecular complexity index is 592. The van der Waals surface area contributed by atoms with Crippen molar-refractivity contribution in [3.05, 3.63) is 23.8 Å². The van der Waals surface area contributed by atoms with Crippen molar-refractivity contribution in [2.45, 2.75) is 38.6 Å². The van der Waals surface area contributed by atoms with Crippen molar-refractivity contribution in [1.82, 2.24) is 20.7 Å². The molecule has 0 spiro atoms. The van der Waals surface area contributed by atoms with E-state index >= 15 is 0 Å². The van der Waals surface area contributed by atoms with Gasteiger partial charge < -0.3 is 5.32 Å². The smallest absolute Gasteiger partial charge is 0.251 e. The van der Waals surface area contributed by atoms with Crippen molar-refractivity contribution in [2.24, 2.45) is 5.92 Å². The summed E-state index contributed by atoms with van der Waals surface area (Å²) in [5.41, 5.74) is 2.16. The molecule has 100 valence electrons. The standard InChI is InChI=1S/C14H18N4O/c1-9-4-2-3-5-11(9)15-14(19)10-6-7-12-13(8-10)17-18-16-12/h6-9,11H,2-5H2,1H3,(H,15,19)(H,16,17,18)/t9-,11-/m0/s1. The molecule has 5 heteroatoms. The van der Waals surface area contributed by atoms with E-state index in [-0.39, 0.29) is 5.91 Å². The topological polar surface area (TPSA) is 70.7 Å². The first-order valence-corrected chi connectivity index (χ1v) is 6.85. The third kappa shape index (κ3) is 2.45. The number of H-pyrrole nitrogens is 1. The predicted octanol–water partition coefficient (Wildman–Crippen LogP) is 2.27. The van der Waals surface area contributed by atoms with E-state index in [2.05, 4.69) is 27.7 Å². The minimum Gasteiger partial charge on any atom is -0.349 e. The van der Waals surface area contributed by atoms with E-state index in [1.54, 1.807) is 12.1 Å². The Balaban J connectivity index is 1.75. The molecule has 0 bridgehead atoms. The SMILES string of the molecule is C[C@H]1CCCC[C@@H]1NC(=O)c1ccc2n[nH]nc2c1. The monoisotopic (exact) mass is 258 g/mol. The number of aromatic amines is 1. The lowest BCUT2D eigenvalue weighted by atomic mass is 9.86. The maximum atomic E-state index is 12.3. The fourth-order valence-electron chi connectivity index (χ4n) is 2.76. The number of hydrogen-bond acceptors (Lipinski definition) is 3. The van der Waals surface area contributed by atoms with Gasteiger partial charge in [-0.3, -0.25) is 4.79 Å². The van der Waals surface area contributed by atoms with E-state index in [0.717, 1.165) is 17.5 Å². The predicted molar refractivity (Wildman–Crippen MR) is 72.8 cm³/mol. The van der Waals surface area contributed by atoms with Crippen molar-refractivity contribution < 1.29 is 4.79 Å². The van der Waals surface area contributed by atoms with Crippen LogP contribution in [0.1, 0.15) is 43.0 Å². The summed E-state index contributed by atoms with van der Waals surface area (Å²) in [7, 11) is 0. The summed E-state index contributed by atoms with van der Waals surface area (Å²) in [6.07, 6.45) is 4.77. The molecule has 0 aliphatic heterocycles. The van der Waals surface area contributed by atoms with Gasteiger partial charge in [0.1, 0.15) is 11.0 Å². The molecule has 3 rings (SSSR count). The van der Waals surface area contributed by atoms with Crippen LogP contribution in [-0.4, -0.2) is 27.4 Å². The second-order valence-corrected chi connectivity index (χ2v) is 5.37. The van der Waals surface area contributed by atoms with E-state index in [0.29, 0.717) is 17.5 Å². The molecule has 1 aliphatic rings. The Morgan fingerprint density at radius 1 is 1.26 bits per heavy atom. The lowest BCUT2D eigenvalue weighted by Crippen LogP contribution is -2.41. The minimum atomic E-state index is -0.0105. The second-order valence-electron chi connectivity index (χ2n) is 5.37. The molecule has 0 saturated heterocycles. The lowest BCUT2D eigenvalue weighted by Gasteiger charge is -2.29. The van der Waals surface area contributed by atoms with Crippen LogP contribution < -0.4 is 5.32 Å². The summed E-state index contributed by atoms with van der Waals surface area (Å²) in [5.74, 6) is 0.553. The van der Waals surface area contributed by atoms with Gasteiger partial charge in [0.2, 0.25) is 0 Å². The van der Waals surface area contributed by atoms with Crippen molar-refractivity contribution in [2.75, 3.05) is 0 Å². The molecule has 5 nitrogen and oxygen atoms in total. The second kappa shape index (κ2) is 4.99. The van der Waals surface area contributed by atoms with Gasteiger partial charge in [-0.2, -0.15) is 15.4 Å². The number of fused-ring (bicyclic) bond motifs is 1. The van der Waals surface area contributed by atoms with E-state index in [4.69, 9.17) is 0 Å². The molecule has 19 heavy (non-hydrogen) atoms. The Labute approximate surface area is 111 Å². The van der Waals surface area contributed by atoms with Gasteiger partial charge in [-0.05, 0) is 37.0 Å². The first-order chi connectivity index (χ1) is 9.24. The van der Waals surface area contributed by atoms with Crippen LogP contribution in [0.2, 0.25) is 0 Å². The molecule has 1 heterocycles. The van der Waals surface area contributed by atoms with Crippen LogP contribution in [0.3, 0.4) is 0 Å². The highest BCUT2D eigenvalue weighted by Crippen LogP contribution is 2.24. The molecule has 1 aromatic heterocycles. The molecular weight excluding hydrogens is 240 g/mol. The molecule has 2 N–H and O–H groups in total. The third-order valence-corrected chi connectivity index (χ3v) is 4.01. The number of hydrogen-bond donors (Lipinski definition) is 2. The summed E-state index contributed by atoms with van der Waals surface area (Å²) in [6, 6.07) is 5.70. The van der Waals surface area contributed by atoms with E-state index in [1.165, 1.54) is 19.3 Å². The van der Waals surface area contributed by atoms with Crippen molar-refractivity contribution in [3.8, 4) is 0 Å². The summed E-state index contributed by atoms with van der Waals surface area (Å²) in [5, 5.41) is 13.7. The van der Waals surface area contributed by atoms with Crippen LogP contribution in [-0.2, 0) is 0 Å². The van der Waals surface area contributed by atoms with E-state index < -0.39 is 0 Å². The molecule has 1 fully saturated rings. The van der Waals surface area contributed by atoms with Crippen molar-refractivity contribution in [3.63, 3.8) is 0 Å². The lowest BCUT2D eigenvalue weighted by molar-refractivity contribution is 0.0910. The van der Waals surface area contributed by atoms with Crippen LogP contribution in [0.25, 0.3) is 11.0 Å². The highest BCUT2D eigenvalue weighted by Gasteiger charge is 2.23. The third-order valence-electron chi connectivity index (χ3n) is 4.01. The zero-order chi connectivity index (χ0) is 13.2. The summed E-state index contributed by atoms with van der Waals surface area (Å²) in [6.45, 7) is 2.21. The zero-order valence-corrected chi connectivity index (χ0v) is 11.0. The molecule has 2 atom stereocenters. The van der Waals surface area contributed by atoms with Gasteiger partial charge in [-0.15, -0.1) is 0 Å². The number of carbonyl (C=O) groups is 1. The van der Waals surface area contributed by atoms with Crippen LogP contribution >= 0.6 is 0 Å². The average molecular weight is 258 g/mol. The molecule has 2 aromatic rings. The van der Waals surface area contributed by atoms with E-state index in [9.17, 15) is 4.79 Å². The van der Waals surface area contributed by atoms with Crippen molar-refractivity contribution in [1.29, 1.82) is 0 Å². The maximum Gasteiger partial charge on any atom is 0.251 e. The van der Waals surface area contributed by atoms with Crippen LogP contribution in [0, 0.1) is 5.92 Å². The van der Waals surface area contributed by atoms with Gasteiger partial charge in [0.05, 0.1) is 0 Å². The maximum absolute atomic E-state index is 12.3. The minimum absolute atomic E-state index is 0.0105. The number of nitrogens with one attached hydrogen (secondary N) is 2. The normalized spacial score (nSPS) is 23.4. The molecule has 1 aliphatic carbocycles. The Hall–Kier alpha value is -1.91. The number of rotatable bonds is 2. The largest absolute Gasteiger partial charge is 0.349 e. The molecule has 1 saturated carbocycles. The highest BCUT2D eigenvalue weighted by molar-refractivity contribution is 5.97. The summed E-state index contributed by atoms with van der Waals surface area (Å²) >= 11 is 0. The first-order valence-electron chi connectivity index (χ1n) is 6.85. The quantitative estimate of drug-likeness (QED) is 0.868. The summed E-state index contributed by atoms with van der Waals surface area (Å²) < 4.78 is 0. The molecule has 0 radical (unpaired) electrons. The van der Waals surface area contributed by atoms with Crippen molar-refractivity contribution >= 4 is 16.9 Å². The van der Waals surface area contributed by atoms with Gasteiger partial charge in [-0.25, -0.2) is 0 Å². The zero-order valence-electron chi connectivity index (χ0n) is 11.0. The van der Waals surface area contributed by atoms with Crippen LogP contribution in [0.5, 0.6) is 0 Å². The van der Waals surface area contributed by atoms with Gasteiger partial charge in [-0.1, -0.05) is 19.8 Å². The molecule has 1 aromatic carbocycles. The number of benzene rings is 1. The number of carbonyl (C=O) groups excluding carboxylic acids is 1. The van der Waals surface area contributed by atoms with Crippen LogP contribution in [0.15, 0.2) is 18.2 Å². The summed E-state index contributed by atoms with van der Waals surface area (Å²) in [4.78, 5) is 12.3. The average Bonchev–Trinajstić information content (AvgIpc) is 2.88. The molecule has 1 amide bonds. The van der Waals surface area contributed by atoms with E-state index in [1.807, 2.05) is 6.07 Å². The molecule has 0 unspecified atom stereocenters. The molecular formula is C14H18N4O. The van der Waals surface area contributed by atoms with Gasteiger partial charge in [0.25, 0.3) is 5.91 Å². The Morgan fingerprint density at radius 3 is 2.89 bits per heavy atom. The fraction of sp³-hybridized carbons (Fsp3) is 0.500. The number of amides is 1. The van der Waals surface area contributed by atoms with Gasteiger partial charge in [0.15, 0.2) is 0 Å². The fourth-order valence-corrected chi connectivity index (χ4v) is 2.76. The van der Waals surface area contributed by atoms with Gasteiger partial charge in [0, 0.05) is 11.6 Å².